The van der Waals surface area contributed by atoms with Gasteiger partial charge in [-0.2, -0.15) is 0 Å². The summed E-state index contributed by atoms with van der Waals surface area (Å²) in [6.07, 6.45) is 3.78. The first-order valence-corrected chi connectivity index (χ1v) is 6.03. The van der Waals surface area contributed by atoms with Crippen LogP contribution in [0.15, 0.2) is 12.5 Å². The zero-order valence-electron chi connectivity index (χ0n) is 10.4. The Bertz CT molecular complexity index is 337. The maximum absolute atomic E-state index is 5.92. The summed E-state index contributed by atoms with van der Waals surface area (Å²) < 4.78 is 2.07. The molecule has 3 atom stereocenters. The zero-order valence-corrected chi connectivity index (χ0v) is 10.4. The summed E-state index contributed by atoms with van der Waals surface area (Å²) in [5.74, 6) is 1.53. The van der Waals surface area contributed by atoms with E-state index < -0.39 is 0 Å². The van der Waals surface area contributed by atoms with Crippen LogP contribution in [0.3, 0.4) is 0 Å². The number of nitrogens with zero attached hydrogens (tertiary/aromatic N) is 3. The number of aromatic nitrogens is 2. The van der Waals surface area contributed by atoms with E-state index in [4.69, 9.17) is 5.73 Å². The van der Waals surface area contributed by atoms with Crippen LogP contribution in [0.4, 0.5) is 0 Å². The number of rotatable bonds is 3. The van der Waals surface area contributed by atoms with Gasteiger partial charge in [0.1, 0.15) is 0 Å². The Labute approximate surface area is 97.4 Å². The fourth-order valence-corrected chi connectivity index (χ4v) is 2.57. The van der Waals surface area contributed by atoms with Crippen LogP contribution < -0.4 is 5.73 Å². The van der Waals surface area contributed by atoms with E-state index in [1.54, 1.807) is 0 Å². The summed E-state index contributed by atoms with van der Waals surface area (Å²) in [6.45, 7) is 7.60. The van der Waals surface area contributed by atoms with Crippen LogP contribution in [0.2, 0.25) is 0 Å². The molecule has 4 heteroatoms. The number of imidazole rings is 1. The second kappa shape index (κ2) is 4.55. The van der Waals surface area contributed by atoms with Crippen molar-refractivity contribution in [1.29, 1.82) is 0 Å². The summed E-state index contributed by atoms with van der Waals surface area (Å²) >= 11 is 0. The monoisotopic (exact) mass is 222 g/mol. The quantitative estimate of drug-likeness (QED) is 0.830. The van der Waals surface area contributed by atoms with Crippen LogP contribution in [-0.4, -0.2) is 34.1 Å². The molecule has 16 heavy (non-hydrogen) atoms. The summed E-state index contributed by atoms with van der Waals surface area (Å²) in [7, 11) is 2.04. The van der Waals surface area contributed by atoms with Crippen molar-refractivity contribution in [2.45, 2.75) is 19.9 Å². The van der Waals surface area contributed by atoms with Crippen LogP contribution in [-0.2, 0) is 7.05 Å². The zero-order chi connectivity index (χ0) is 11.7. The van der Waals surface area contributed by atoms with Crippen molar-refractivity contribution in [1.82, 2.24) is 14.5 Å². The van der Waals surface area contributed by atoms with E-state index in [1.165, 1.54) is 5.69 Å². The van der Waals surface area contributed by atoms with E-state index in [0.29, 0.717) is 12.6 Å². The maximum Gasteiger partial charge on any atom is 0.0946 e. The van der Waals surface area contributed by atoms with Gasteiger partial charge in [0.2, 0.25) is 0 Å². The van der Waals surface area contributed by atoms with Gasteiger partial charge in [0.05, 0.1) is 18.1 Å². The van der Waals surface area contributed by atoms with Gasteiger partial charge in [-0.1, -0.05) is 13.8 Å². The molecule has 1 aliphatic rings. The number of hydrogen-bond donors (Lipinski definition) is 1. The molecule has 2 N–H and O–H groups in total. The molecule has 0 aliphatic carbocycles. The van der Waals surface area contributed by atoms with Crippen molar-refractivity contribution in [3.63, 3.8) is 0 Å². The average molecular weight is 222 g/mol. The van der Waals surface area contributed by atoms with Gasteiger partial charge in [-0.3, -0.25) is 4.90 Å². The van der Waals surface area contributed by atoms with Gasteiger partial charge in [0, 0.05) is 32.9 Å². The molecule has 3 unspecified atom stereocenters. The lowest BCUT2D eigenvalue weighted by molar-refractivity contribution is 0.232. The molecule has 1 aromatic heterocycles. The molecule has 0 radical (unpaired) electrons. The number of nitrogens with two attached hydrogens (primary N) is 1. The predicted molar refractivity (Wildman–Crippen MR) is 64.9 cm³/mol. The minimum atomic E-state index is 0.319. The third-order valence-electron chi connectivity index (χ3n) is 3.88. The molecule has 0 spiro atoms. The summed E-state index contributed by atoms with van der Waals surface area (Å²) in [5.41, 5.74) is 7.15. The van der Waals surface area contributed by atoms with Crippen molar-refractivity contribution in [3.8, 4) is 0 Å². The van der Waals surface area contributed by atoms with Crippen molar-refractivity contribution >= 4 is 0 Å². The Hall–Kier alpha value is -0.870. The normalized spacial score (nSPS) is 28.5. The largest absolute Gasteiger partial charge is 0.336 e. The molecule has 1 saturated heterocycles. The van der Waals surface area contributed by atoms with Gasteiger partial charge >= 0.3 is 0 Å². The van der Waals surface area contributed by atoms with Gasteiger partial charge in [0.25, 0.3) is 0 Å². The Balaban J connectivity index is 2.15. The molecule has 1 fully saturated rings. The molecular formula is C12H22N4. The molecule has 0 amide bonds. The summed E-state index contributed by atoms with van der Waals surface area (Å²) in [6, 6.07) is 0.319. The molecule has 0 saturated carbocycles. The van der Waals surface area contributed by atoms with Crippen LogP contribution in [0.5, 0.6) is 0 Å². The van der Waals surface area contributed by atoms with Crippen LogP contribution in [0.1, 0.15) is 25.6 Å². The van der Waals surface area contributed by atoms with E-state index in [2.05, 4.69) is 28.3 Å². The molecule has 4 nitrogen and oxygen atoms in total. The molecule has 0 bridgehead atoms. The van der Waals surface area contributed by atoms with Crippen LogP contribution >= 0.6 is 0 Å². The maximum atomic E-state index is 5.92. The standard InChI is InChI=1S/C12H22N4/c1-9-6-16(7-10(9)2)11(4-13)12-5-14-8-15(12)3/h5,8-11H,4,6-7,13H2,1-3H3. The highest BCUT2D eigenvalue weighted by Gasteiger charge is 2.32. The topological polar surface area (TPSA) is 47.1 Å². The lowest BCUT2D eigenvalue weighted by atomic mass is 10.0. The highest BCUT2D eigenvalue weighted by Crippen LogP contribution is 2.29. The number of aryl methyl sites for hydroxylation is 1. The highest BCUT2D eigenvalue weighted by molar-refractivity contribution is 5.07. The van der Waals surface area contributed by atoms with E-state index in [1.807, 2.05) is 19.6 Å². The lowest BCUT2D eigenvalue weighted by Gasteiger charge is -2.26. The fraction of sp³-hybridized carbons (Fsp3) is 0.750. The molecule has 1 aromatic rings. The Morgan fingerprint density at radius 2 is 2.06 bits per heavy atom. The van der Waals surface area contributed by atoms with Gasteiger partial charge in [-0.05, 0) is 11.8 Å². The summed E-state index contributed by atoms with van der Waals surface area (Å²) in [5, 5.41) is 0. The van der Waals surface area contributed by atoms with Crippen LogP contribution in [0, 0.1) is 11.8 Å². The molecule has 90 valence electrons. The minimum Gasteiger partial charge on any atom is -0.336 e. The second-order valence-corrected chi connectivity index (χ2v) is 5.09. The van der Waals surface area contributed by atoms with Gasteiger partial charge in [-0.25, -0.2) is 4.98 Å². The third-order valence-corrected chi connectivity index (χ3v) is 3.88. The second-order valence-electron chi connectivity index (χ2n) is 5.09. The third kappa shape index (κ3) is 1.99. The first-order chi connectivity index (χ1) is 7.63. The smallest absolute Gasteiger partial charge is 0.0946 e. The van der Waals surface area contributed by atoms with E-state index in [-0.39, 0.29) is 0 Å². The van der Waals surface area contributed by atoms with Crippen molar-refractivity contribution in [3.05, 3.63) is 18.2 Å². The van der Waals surface area contributed by atoms with E-state index >= 15 is 0 Å². The van der Waals surface area contributed by atoms with Crippen molar-refractivity contribution < 1.29 is 0 Å². The van der Waals surface area contributed by atoms with Crippen molar-refractivity contribution in [2.24, 2.45) is 24.6 Å². The number of hydrogen-bond acceptors (Lipinski definition) is 3. The van der Waals surface area contributed by atoms with E-state index in [9.17, 15) is 0 Å². The number of likely N-dealkylation sites (tertiary alicyclic amines) is 1. The van der Waals surface area contributed by atoms with Crippen molar-refractivity contribution in [2.75, 3.05) is 19.6 Å². The molecule has 1 aliphatic heterocycles. The van der Waals surface area contributed by atoms with E-state index in [0.717, 1.165) is 24.9 Å². The average Bonchev–Trinajstić information content (AvgIpc) is 2.78. The lowest BCUT2D eigenvalue weighted by Crippen LogP contribution is -2.33. The Morgan fingerprint density at radius 3 is 2.50 bits per heavy atom. The molecule has 2 heterocycles. The fourth-order valence-electron chi connectivity index (χ4n) is 2.57. The first-order valence-electron chi connectivity index (χ1n) is 6.03. The van der Waals surface area contributed by atoms with Crippen LogP contribution in [0.25, 0.3) is 0 Å². The van der Waals surface area contributed by atoms with Gasteiger partial charge < -0.3 is 10.3 Å². The Kier molecular flexibility index (Phi) is 3.30. The SMILES string of the molecule is CC1CN(C(CN)c2cncn2C)CC1C. The Morgan fingerprint density at radius 1 is 1.44 bits per heavy atom. The first kappa shape index (κ1) is 11.6. The summed E-state index contributed by atoms with van der Waals surface area (Å²) in [4.78, 5) is 6.67. The predicted octanol–water partition coefficient (Wildman–Crippen LogP) is 1.01. The minimum absolute atomic E-state index is 0.319. The highest BCUT2D eigenvalue weighted by atomic mass is 15.2. The van der Waals surface area contributed by atoms with Gasteiger partial charge in [0.15, 0.2) is 0 Å². The molecule has 2 rings (SSSR count). The molecule has 0 aromatic carbocycles. The van der Waals surface area contributed by atoms with Gasteiger partial charge in [-0.15, -0.1) is 0 Å². The molecular weight excluding hydrogens is 200 g/mol.